The monoisotopic (exact) mass is 373 g/mol. The van der Waals surface area contributed by atoms with Gasteiger partial charge in [-0.15, -0.1) is 0 Å². The molecular formula is C22H19N3O3. The molecule has 140 valence electrons. The molecule has 2 aromatic carbocycles. The maximum absolute atomic E-state index is 12.3. The molecule has 28 heavy (non-hydrogen) atoms. The molecule has 0 saturated heterocycles. The summed E-state index contributed by atoms with van der Waals surface area (Å²) in [5.74, 6) is 0.948. The molecule has 1 N–H and O–H groups in total. The van der Waals surface area contributed by atoms with Crippen molar-refractivity contribution in [2.45, 2.75) is 6.92 Å². The van der Waals surface area contributed by atoms with Crippen LogP contribution in [0.3, 0.4) is 0 Å². The van der Waals surface area contributed by atoms with E-state index < -0.39 is 0 Å². The number of aryl methyl sites for hydroxylation is 1. The number of ether oxygens (including phenoxy) is 1. The Morgan fingerprint density at radius 1 is 1.07 bits per heavy atom. The number of carbonyl (C=O) groups is 1. The molecule has 0 saturated carbocycles. The van der Waals surface area contributed by atoms with Gasteiger partial charge in [-0.1, -0.05) is 53.7 Å². The van der Waals surface area contributed by atoms with Crippen molar-refractivity contribution in [3.05, 3.63) is 78.1 Å². The summed E-state index contributed by atoms with van der Waals surface area (Å²) < 4.78 is 11.1. The Morgan fingerprint density at radius 3 is 2.79 bits per heavy atom. The zero-order valence-electron chi connectivity index (χ0n) is 15.4. The van der Waals surface area contributed by atoms with Gasteiger partial charge < -0.3 is 14.6 Å². The van der Waals surface area contributed by atoms with Gasteiger partial charge in [-0.2, -0.15) is 0 Å². The van der Waals surface area contributed by atoms with Gasteiger partial charge in [0.05, 0.1) is 6.54 Å². The lowest BCUT2D eigenvalue weighted by Gasteiger charge is -2.09. The smallest absolute Gasteiger partial charge is 0.273 e. The largest absolute Gasteiger partial charge is 0.489 e. The van der Waals surface area contributed by atoms with Gasteiger partial charge in [0.1, 0.15) is 17.9 Å². The summed E-state index contributed by atoms with van der Waals surface area (Å²) in [4.78, 5) is 16.8. The summed E-state index contributed by atoms with van der Waals surface area (Å²) in [5, 5.41) is 7.65. The lowest BCUT2D eigenvalue weighted by atomic mass is 10.1. The second kappa shape index (κ2) is 7.92. The maximum atomic E-state index is 12.3. The van der Waals surface area contributed by atoms with Crippen molar-refractivity contribution in [2.24, 2.45) is 0 Å². The van der Waals surface area contributed by atoms with Gasteiger partial charge in [-0.25, -0.2) is 4.98 Å². The average molecular weight is 373 g/mol. The first-order valence-electron chi connectivity index (χ1n) is 9.00. The lowest BCUT2D eigenvalue weighted by molar-refractivity contribution is 0.0938. The molecule has 0 bridgehead atoms. The Kier molecular flexibility index (Phi) is 5.01. The number of rotatable bonds is 6. The average Bonchev–Trinajstić information content (AvgIpc) is 3.22. The third-order valence-corrected chi connectivity index (χ3v) is 4.27. The van der Waals surface area contributed by atoms with E-state index in [2.05, 4.69) is 15.5 Å². The zero-order valence-corrected chi connectivity index (χ0v) is 15.4. The minimum absolute atomic E-state index is 0.237. The number of benzene rings is 2. The second-order valence-corrected chi connectivity index (χ2v) is 6.33. The molecule has 0 unspecified atom stereocenters. The minimum atomic E-state index is -0.304. The third-order valence-electron chi connectivity index (χ3n) is 4.27. The van der Waals surface area contributed by atoms with Crippen LogP contribution in [0.2, 0.25) is 0 Å². The van der Waals surface area contributed by atoms with Crippen LogP contribution in [0.25, 0.3) is 22.2 Å². The van der Waals surface area contributed by atoms with Crippen molar-refractivity contribution in [1.82, 2.24) is 15.5 Å². The molecule has 0 fully saturated rings. The van der Waals surface area contributed by atoms with Crippen LogP contribution in [0.5, 0.6) is 5.75 Å². The van der Waals surface area contributed by atoms with Crippen molar-refractivity contribution in [3.8, 4) is 17.1 Å². The fraction of sp³-hybridized carbons (Fsp3) is 0.136. The molecule has 1 amide bonds. The van der Waals surface area contributed by atoms with Gasteiger partial charge in [-0.05, 0) is 19.1 Å². The first-order valence-corrected chi connectivity index (χ1v) is 9.00. The predicted octanol–water partition coefficient (Wildman–Crippen LogP) is 4.01. The molecule has 0 atom stereocenters. The summed E-state index contributed by atoms with van der Waals surface area (Å²) >= 11 is 0. The normalized spacial score (nSPS) is 10.8. The van der Waals surface area contributed by atoms with Crippen LogP contribution in [-0.4, -0.2) is 29.2 Å². The number of pyridine rings is 1. The highest BCUT2D eigenvalue weighted by Gasteiger charge is 2.13. The number of carbonyl (C=O) groups excluding carboxylic acids is 1. The van der Waals surface area contributed by atoms with Gasteiger partial charge in [0.15, 0.2) is 11.5 Å². The van der Waals surface area contributed by atoms with E-state index in [9.17, 15) is 4.79 Å². The van der Waals surface area contributed by atoms with Crippen molar-refractivity contribution in [3.63, 3.8) is 0 Å². The molecule has 0 radical (unpaired) electrons. The highest BCUT2D eigenvalue weighted by Crippen LogP contribution is 2.24. The highest BCUT2D eigenvalue weighted by molar-refractivity contribution is 5.93. The molecule has 4 rings (SSSR count). The van der Waals surface area contributed by atoms with E-state index in [1.165, 1.54) is 0 Å². The summed E-state index contributed by atoms with van der Waals surface area (Å²) in [6, 6.07) is 20.9. The van der Waals surface area contributed by atoms with Crippen molar-refractivity contribution in [2.75, 3.05) is 13.2 Å². The van der Waals surface area contributed by atoms with Gasteiger partial charge in [-0.3, -0.25) is 4.79 Å². The minimum Gasteiger partial charge on any atom is -0.489 e. The fourth-order valence-electron chi connectivity index (χ4n) is 2.87. The van der Waals surface area contributed by atoms with Crippen LogP contribution in [0.15, 0.2) is 71.3 Å². The number of aromatic nitrogens is 2. The molecule has 0 aliphatic heterocycles. The van der Waals surface area contributed by atoms with Crippen LogP contribution in [0.4, 0.5) is 0 Å². The van der Waals surface area contributed by atoms with Gasteiger partial charge in [0, 0.05) is 22.7 Å². The zero-order chi connectivity index (χ0) is 19.3. The molecule has 0 aliphatic carbocycles. The van der Waals surface area contributed by atoms with Gasteiger partial charge in [0.25, 0.3) is 5.91 Å². The summed E-state index contributed by atoms with van der Waals surface area (Å²) in [5.41, 5.74) is 2.85. The van der Waals surface area contributed by atoms with E-state index in [-0.39, 0.29) is 11.6 Å². The topological polar surface area (TPSA) is 77.2 Å². The molecule has 6 nitrogen and oxygen atoms in total. The number of amides is 1. The molecule has 0 spiro atoms. The van der Waals surface area contributed by atoms with E-state index in [1.807, 2.05) is 67.6 Å². The van der Waals surface area contributed by atoms with Gasteiger partial charge in [0.2, 0.25) is 0 Å². The molecule has 2 heterocycles. The van der Waals surface area contributed by atoms with Crippen LogP contribution in [0.1, 0.15) is 16.2 Å². The number of hydrogen-bond acceptors (Lipinski definition) is 5. The number of nitrogens with one attached hydrogen (secondary N) is 1. The van der Waals surface area contributed by atoms with Crippen LogP contribution in [-0.2, 0) is 0 Å². The third kappa shape index (κ3) is 3.86. The summed E-state index contributed by atoms with van der Waals surface area (Å²) in [6.07, 6.45) is 0. The predicted molar refractivity (Wildman–Crippen MR) is 106 cm³/mol. The Morgan fingerprint density at radius 2 is 1.93 bits per heavy atom. The number of hydrogen-bond donors (Lipinski definition) is 1. The molecule has 6 heteroatoms. The SMILES string of the molecule is Cc1ccc2cccc(OCCNC(=O)c3cc(-c4ccccc4)on3)c2n1. The highest BCUT2D eigenvalue weighted by atomic mass is 16.5. The van der Waals surface area contributed by atoms with Gasteiger partial charge >= 0.3 is 0 Å². The number of fused-ring (bicyclic) bond motifs is 1. The lowest BCUT2D eigenvalue weighted by Crippen LogP contribution is -2.28. The molecule has 2 aromatic heterocycles. The molecule has 0 aliphatic rings. The fourth-order valence-corrected chi connectivity index (χ4v) is 2.87. The van der Waals surface area contributed by atoms with Crippen molar-refractivity contribution >= 4 is 16.8 Å². The van der Waals surface area contributed by atoms with E-state index in [1.54, 1.807) is 6.07 Å². The van der Waals surface area contributed by atoms with Crippen LogP contribution >= 0.6 is 0 Å². The van der Waals surface area contributed by atoms with E-state index in [4.69, 9.17) is 9.26 Å². The quantitative estimate of drug-likeness (QED) is 0.517. The second-order valence-electron chi connectivity index (χ2n) is 6.33. The Labute approximate surface area is 162 Å². The Bertz CT molecular complexity index is 1110. The summed E-state index contributed by atoms with van der Waals surface area (Å²) in [6.45, 7) is 2.61. The van der Waals surface area contributed by atoms with E-state index in [0.717, 1.165) is 22.2 Å². The molecule has 4 aromatic rings. The Balaban J connectivity index is 1.34. The standard InChI is InChI=1S/C22H19N3O3/c1-15-10-11-17-8-5-9-19(21(17)24-15)27-13-12-23-22(26)18-14-20(28-25-18)16-6-3-2-4-7-16/h2-11,14H,12-13H2,1H3,(H,23,26). The van der Waals surface area contributed by atoms with Crippen LogP contribution < -0.4 is 10.1 Å². The number of nitrogens with zero attached hydrogens (tertiary/aromatic N) is 2. The Hall–Kier alpha value is -3.67. The van der Waals surface area contributed by atoms with E-state index in [0.29, 0.717) is 24.7 Å². The number of para-hydroxylation sites is 1. The molecular weight excluding hydrogens is 354 g/mol. The first-order chi connectivity index (χ1) is 13.7. The maximum Gasteiger partial charge on any atom is 0.273 e. The van der Waals surface area contributed by atoms with Crippen LogP contribution in [0, 0.1) is 6.92 Å². The van der Waals surface area contributed by atoms with E-state index >= 15 is 0 Å². The summed E-state index contributed by atoms with van der Waals surface area (Å²) in [7, 11) is 0. The van der Waals surface area contributed by atoms with Crippen molar-refractivity contribution < 1.29 is 14.1 Å². The van der Waals surface area contributed by atoms with Crippen molar-refractivity contribution in [1.29, 1.82) is 0 Å². The first kappa shape index (κ1) is 17.7.